The van der Waals surface area contributed by atoms with E-state index in [-0.39, 0.29) is 11.1 Å². The minimum absolute atomic E-state index is 0.282. The van der Waals surface area contributed by atoms with E-state index in [1.807, 2.05) is 56.3 Å². The largest absolute Gasteiger partial charge is 0.490 e. The molecule has 0 bridgehead atoms. The number of carbonyl (C=O) groups excluding carboxylic acids is 1. The van der Waals surface area contributed by atoms with Gasteiger partial charge in [-0.15, -0.1) is 0 Å². The molecule has 2 N–H and O–H groups in total. The number of thioether (sulfide) groups is 1. The van der Waals surface area contributed by atoms with E-state index in [0.717, 1.165) is 28.2 Å². The van der Waals surface area contributed by atoms with Gasteiger partial charge in [0.2, 0.25) is 0 Å². The van der Waals surface area contributed by atoms with Crippen molar-refractivity contribution in [3.05, 3.63) is 64.1 Å². The molecule has 1 aliphatic rings. The van der Waals surface area contributed by atoms with Crippen LogP contribution in [0.25, 0.3) is 6.08 Å². The third kappa shape index (κ3) is 4.46. The molecule has 26 heavy (non-hydrogen) atoms. The van der Waals surface area contributed by atoms with Gasteiger partial charge in [-0.05, 0) is 60.5 Å². The van der Waals surface area contributed by atoms with Crippen LogP contribution in [0.5, 0.6) is 11.5 Å². The number of rotatable bonds is 6. The van der Waals surface area contributed by atoms with E-state index in [0.29, 0.717) is 18.1 Å². The first-order valence-electron chi connectivity index (χ1n) is 8.23. The summed E-state index contributed by atoms with van der Waals surface area (Å²) in [6, 6.07) is 13.6. The zero-order chi connectivity index (χ0) is 18.5. The number of aliphatic imine (C=N–C) groups is 1. The highest BCUT2D eigenvalue weighted by atomic mass is 32.2. The van der Waals surface area contributed by atoms with Crippen LogP contribution in [0.1, 0.15) is 16.7 Å². The number of carbonyl (C=O) groups is 1. The molecule has 2 aromatic rings. The Balaban J connectivity index is 1.51. The zero-order valence-electron chi connectivity index (χ0n) is 14.7. The third-order valence-electron chi connectivity index (χ3n) is 3.82. The van der Waals surface area contributed by atoms with Crippen molar-refractivity contribution in [3.63, 3.8) is 0 Å². The molecule has 1 heterocycles. The number of benzene rings is 2. The molecule has 0 aliphatic carbocycles. The Hall–Kier alpha value is -2.73. The fourth-order valence-electron chi connectivity index (χ4n) is 2.57. The van der Waals surface area contributed by atoms with Crippen LogP contribution in [0.2, 0.25) is 0 Å². The van der Waals surface area contributed by atoms with Crippen molar-refractivity contribution in [1.29, 1.82) is 0 Å². The fourth-order valence-corrected chi connectivity index (χ4v) is 3.25. The first kappa shape index (κ1) is 18.1. The number of amidine groups is 1. The number of aryl methyl sites for hydroxylation is 2. The summed E-state index contributed by atoms with van der Waals surface area (Å²) in [5.74, 6) is 1.37. The van der Waals surface area contributed by atoms with Gasteiger partial charge in [0.15, 0.2) is 5.17 Å². The Kier molecular flexibility index (Phi) is 5.63. The van der Waals surface area contributed by atoms with Gasteiger partial charge in [0.1, 0.15) is 24.7 Å². The summed E-state index contributed by atoms with van der Waals surface area (Å²) < 4.78 is 11.5. The predicted molar refractivity (Wildman–Crippen MR) is 106 cm³/mol. The number of nitrogens with zero attached hydrogens (tertiary/aromatic N) is 1. The molecule has 1 aliphatic heterocycles. The van der Waals surface area contributed by atoms with Crippen molar-refractivity contribution in [2.24, 2.45) is 10.7 Å². The summed E-state index contributed by atoms with van der Waals surface area (Å²) in [5, 5.41) is 0.282. The molecule has 1 amide bonds. The molecule has 0 saturated carbocycles. The van der Waals surface area contributed by atoms with Gasteiger partial charge in [0.05, 0.1) is 4.91 Å². The van der Waals surface area contributed by atoms with Crippen LogP contribution in [-0.2, 0) is 4.79 Å². The fraction of sp³-hybridized carbons (Fsp3) is 0.200. The Morgan fingerprint density at radius 2 is 1.69 bits per heavy atom. The molecular formula is C20H20N2O3S. The second-order valence-electron chi connectivity index (χ2n) is 5.85. The molecule has 0 fully saturated rings. The smallest absolute Gasteiger partial charge is 0.286 e. The molecule has 0 spiro atoms. The van der Waals surface area contributed by atoms with E-state index in [1.165, 1.54) is 11.8 Å². The maximum absolute atomic E-state index is 11.6. The number of amides is 1. The number of ether oxygens (including phenoxy) is 2. The van der Waals surface area contributed by atoms with Crippen LogP contribution in [-0.4, -0.2) is 24.3 Å². The van der Waals surface area contributed by atoms with Crippen LogP contribution >= 0.6 is 11.8 Å². The SMILES string of the molecule is Cc1cccc(C)c1OCCOc1ccc(/C=C2/SC(N)=NC2=O)cc1. The molecule has 2 aromatic carbocycles. The van der Waals surface area contributed by atoms with E-state index in [4.69, 9.17) is 15.2 Å². The van der Waals surface area contributed by atoms with Crippen LogP contribution in [0.3, 0.4) is 0 Å². The zero-order valence-corrected chi connectivity index (χ0v) is 15.5. The average molecular weight is 368 g/mol. The van der Waals surface area contributed by atoms with Crippen molar-refractivity contribution in [3.8, 4) is 11.5 Å². The molecule has 0 saturated heterocycles. The van der Waals surface area contributed by atoms with E-state index in [9.17, 15) is 4.79 Å². The van der Waals surface area contributed by atoms with Crippen LogP contribution < -0.4 is 15.2 Å². The lowest BCUT2D eigenvalue weighted by Crippen LogP contribution is -2.10. The summed E-state index contributed by atoms with van der Waals surface area (Å²) >= 11 is 1.18. The first-order chi connectivity index (χ1) is 12.5. The summed E-state index contributed by atoms with van der Waals surface area (Å²) in [6.07, 6.45) is 1.77. The summed E-state index contributed by atoms with van der Waals surface area (Å²) in [6.45, 7) is 4.98. The Morgan fingerprint density at radius 1 is 1.04 bits per heavy atom. The van der Waals surface area contributed by atoms with Crippen LogP contribution in [0.15, 0.2) is 52.4 Å². The average Bonchev–Trinajstić information content (AvgIpc) is 2.92. The van der Waals surface area contributed by atoms with Gasteiger partial charge in [0, 0.05) is 0 Å². The number of para-hydroxylation sites is 1. The van der Waals surface area contributed by atoms with Crippen molar-refractivity contribution < 1.29 is 14.3 Å². The van der Waals surface area contributed by atoms with Gasteiger partial charge >= 0.3 is 0 Å². The van der Waals surface area contributed by atoms with Crippen molar-refractivity contribution in [2.75, 3.05) is 13.2 Å². The molecular weight excluding hydrogens is 348 g/mol. The summed E-state index contributed by atoms with van der Waals surface area (Å²) in [5.41, 5.74) is 8.67. The van der Waals surface area contributed by atoms with Crippen LogP contribution in [0.4, 0.5) is 0 Å². The molecule has 0 aromatic heterocycles. The number of nitrogens with two attached hydrogens (primary N) is 1. The van der Waals surface area contributed by atoms with Crippen molar-refractivity contribution >= 4 is 28.9 Å². The third-order valence-corrected chi connectivity index (χ3v) is 4.63. The van der Waals surface area contributed by atoms with E-state index in [1.54, 1.807) is 6.08 Å². The predicted octanol–water partition coefficient (Wildman–Crippen LogP) is 3.69. The van der Waals surface area contributed by atoms with Crippen LogP contribution in [0, 0.1) is 13.8 Å². The molecule has 6 heteroatoms. The van der Waals surface area contributed by atoms with Gasteiger partial charge in [-0.3, -0.25) is 4.79 Å². The van der Waals surface area contributed by atoms with E-state index in [2.05, 4.69) is 4.99 Å². The lowest BCUT2D eigenvalue weighted by molar-refractivity contribution is -0.113. The Bertz CT molecular complexity index is 853. The molecule has 3 rings (SSSR count). The highest BCUT2D eigenvalue weighted by Crippen LogP contribution is 2.27. The topological polar surface area (TPSA) is 73.9 Å². The number of hydrogen-bond acceptors (Lipinski definition) is 5. The van der Waals surface area contributed by atoms with Gasteiger partial charge in [-0.1, -0.05) is 30.3 Å². The minimum Gasteiger partial charge on any atom is -0.490 e. The first-order valence-corrected chi connectivity index (χ1v) is 9.04. The Morgan fingerprint density at radius 3 is 2.31 bits per heavy atom. The normalized spacial score (nSPS) is 15.2. The Labute approximate surface area is 156 Å². The minimum atomic E-state index is -0.295. The molecule has 5 nitrogen and oxygen atoms in total. The van der Waals surface area contributed by atoms with Gasteiger partial charge in [-0.2, -0.15) is 4.99 Å². The maximum atomic E-state index is 11.6. The monoisotopic (exact) mass is 368 g/mol. The molecule has 0 radical (unpaired) electrons. The highest BCUT2D eigenvalue weighted by molar-refractivity contribution is 8.18. The van der Waals surface area contributed by atoms with Gasteiger partial charge < -0.3 is 15.2 Å². The van der Waals surface area contributed by atoms with Crippen molar-refractivity contribution in [2.45, 2.75) is 13.8 Å². The van der Waals surface area contributed by atoms with Gasteiger partial charge in [-0.25, -0.2) is 0 Å². The maximum Gasteiger partial charge on any atom is 0.286 e. The molecule has 0 unspecified atom stereocenters. The second kappa shape index (κ2) is 8.10. The number of hydrogen-bond donors (Lipinski definition) is 1. The summed E-state index contributed by atoms with van der Waals surface area (Å²) in [4.78, 5) is 15.8. The molecule has 134 valence electrons. The lowest BCUT2D eigenvalue weighted by atomic mass is 10.1. The van der Waals surface area contributed by atoms with Crippen molar-refractivity contribution in [1.82, 2.24) is 0 Å². The lowest BCUT2D eigenvalue weighted by Gasteiger charge is -2.12. The van der Waals surface area contributed by atoms with E-state index >= 15 is 0 Å². The quantitative estimate of drug-likeness (QED) is 0.622. The van der Waals surface area contributed by atoms with E-state index < -0.39 is 0 Å². The molecule has 0 atom stereocenters. The summed E-state index contributed by atoms with van der Waals surface area (Å²) in [7, 11) is 0. The standard InChI is InChI=1S/C20H20N2O3S/c1-13-4-3-5-14(2)18(13)25-11-10-24-16-8-6-15(7-9-16)12-17-19(23)22-20(21)26-17/h3-9,12H,10-11H2,1-2H3,(H2,21,22,23)/b17-12+. The van der Waals surface area contributed by atoms with Gasteiger partial charge in [0.25, 0.3) is 5.91 Å². The second-order valence-corrected chi connectivity index (χ2v) is 6.91. The highest BCUT2D eigenvalue weighted by Gasteiger charge is 2.19.